The molecular weight excluding hydrogens is 400 g/mol. The van der Waals surface area contributed by atoms with Gasteiger partial charge in [0.2, 0.25) is 0 Å². The molecule has 0 aliphatic carbocycles. The number of aryl methyl sites for hydroxylation is 6. The van der Waals surface area contributed by atoms with Crippen molar-refractivity contribution in [2.45, 2.75) is 41.5 Å². The summed E-state index contributed by atoms with van der Waals surface area (Å²) in [5.74, 6) is -1.41. The van der Waals surface area contributed by atoms with Crippen LogP contribution in [0.4, 0.5) is 0 Å². The normalized spacial score (nSPS) is 11.0. The van der Waals surface area contributed by atoms with E-state index in [9.17, 15) is 9.59 Å². The molecule has 0 aromatic heterocycles. The molecule has 0 bridgehead atoms. The first-order valence-corrected chi connectivity index (χ1v) is 9.80. The fourth-order valence-electron chi connectivity index (χ4n) is 3.47. The molecule has 31 heavy (non-hydrogen) atoms. The van der Waals surface area contributed by atoms with Gasteiger partial charge >= 0.3 is 18.2 Å². The zero-order valence-electron chi connectivity index (χ0n) is 18.8. The van der Waals surface area contributed by atoms with Crippen molar-refractivity contribution in [2.24, 2.45) is 0 Å². The molecule has 0 saturated heterocycles. The van der Waals surface area contributed by atoms with Crippen LogP contribution in [-0.2, 0) is 24.3 Å². The first-order valence-electron chi connectivity index (χ1n) is 9.80. The average molecular weight is 428 g/mol. The zero-order chi connectivity index (χ0) is 23.1. The van der Waals surface area contributed by atoms with Gasteiger partial charge in [0.1, 0.15) is 6.61 Å². The number of benzene rings is 2. The van der Waals surface area contributed by atoms with E-state index in [0.29, 0.717) is 11.1 Å². The molecule has 0 N–H and O–H groups in total. The van der Waals surface area contributed by atoms with E-state index < -0.39 is 11.9 Å². The smallest absolute Gasteiger partial charge is 0.373 e. The van der Waals surface area contributed by atoms with Crippen LogP contribution in [0.25, 0.3) is 0 Å². The fraction of sp³-hybridized carbons (Fsp3) is 0.333. The Balaban J connectivity index is 2.04. The van der Waals surface area contributed by atoms with Crippen LogP contribution in [0.3, 0.4) is 0 Å². The van der Waals surface area contributed by atoms with E-state index in [2.05, 4.69) is 6.92 Å². The second-order valence-corrected chi connectivity index (χ2v) is 7.38. The quantitative estimate of drug-likeness (QED) is 0.421. The molecule has 0 heterocycles. The van der Waals surface area contributed by atoms with Crippen LogP contribution in [0.2, 0.25) is 0 Å². The third-order valence-corrected chi connectivity index (χ3v) is 4.55. The summed E-state index contributed by atoms with van der Waals surface area (Å²) in [6.07, 6.45) is -0.352. The minimum Gasteiger partial charge on any atom is -0.375 e. The molecule has 2 radical (unpaired) electrons. The molecule has 2 rings (SSSR count). The highest BCUT2D eigenvalue weighted by molar-refractivity contribution is 5.93. The molecule has 0 amide bonds. The Bertz CT molecular complexity index is 829. The van der Waals surface area contributed by atoms with Crippen molar-refractivity contribution in [1.82, 2.24) is 0 Å². The van der Waals surface area contributed by atoms with Gasteiger partial charge < -0.3 is 4.74 Å². The van der Waals surface area contributed by atoms with E-state index >= 15 is 0 Å². The van der Waals surface area contributed by atoms with Gasteiger partial charge in [-0.05, 0) is 70.7 Å². The third-order valence-electron chi connectivity index (χ3n) is 4.55. The Labute approximate surface area is 183 Å². The van der Waals surface area contributed by atoms with Gasteiger partial charge in [-0.1, -0.05) is 35.4 Å². The van der Waals surface area contributed by atoms with E-state index in [1.165, 1.54) is 0 Å². The molecule has 0 fully saturated rings. The third kappa shape index (κ3) is 6.62. The first-order chi connectivity index (χ1) is 14.6. The SMILES string of the molecule is [CH2]COC[C](OOC(=O)c1c(C)cc(C)cc1C)OOC(=O)c1c(C)cc(C)cc1C. The van der Waals surface area contributed by atoms with E-state index in [-0.39, 0.29) is 19.5 Å². The fourth-order valence-corrected chi connectivity index (χ4v) is 3.47. The maximum atomic E-state index is 12.5. The second kappa shape index (κ2) is 11.0. The van der Waals surface area contributed by atoms with Gasteiger partial charge in [-0.2, -0.15) is 0 Å². The summed E-state index contributed by atoms with van der Waals surface area (Å²) in [5.41, 5.74) is 5.81. The molecule has 0 spiro atoms. The molecule has 0 aliphatic rings. The van der Waals surface area contributed by atoms with Crippen LogP contribution < -0.4 is 0 Å². The van der Waals surface area contributed by atoms with Crippen molar-refractivity contribution in [1.29, 1.82) is 0 Å². The Hall–Kier alpha value is -2.74. The lowest BCUT2D eigenvalue weighted by Gasteiger charge is -2.15. The van der Waals surface area contributed by atoms with Crippen LogP contribution >= 0.6 is 0 Å². The maximum absolute atomic E-state index is 12.5. The van der Waals surface area contributed by atoms with Crippen LogP contribution in [0.15, 0.2) is 24.3 Å². The summed E-state index contributed by atoms with van der Waals surface area (Å²) in [6, 6.07) is 7.46. The van der Waals surface area contributed by atoms with Crippen LogP contribution in [0.1, 0.15) is 54.1 Å². The topological polar surface area (TPSA) is 80.3 Å². The van der Waals surface area contributed by atoms with Gasteiger partial charge in [-0.25, -0.2) is 9.59 Å². The van der Waals surface area contributed by atoms with Gasteiger partial charge in [0.15, 0.2) is 0 Å². The summed E-state index contributed by atoms with van der Waals surface area (Å²) in [4.78, 5) is 44.7. The predicted molar refractivity (Wildman–Crippen MR) is 114 cm³/mol. The van der Waals surface area contributed by atoms with Crippen molar-refractivity contribution >= 4 is 11.9 Å². The summed E-state index contributed by atoms with van der Waals surface area (Å²) in [6.45, 7) is 14.5. The van der Waals surface area contributed by atoms with Gasteiger partial charge in [0.25, 0.3) is 0 Å². The van der Waals surface area contributed by atoms with Gasteiger partial charge in [-0.15, -0.1) is 9.78 Å². The minimum atomic E-state index is -0.706. The Kier molecular flexibility index (Phi) is 8.74. The molecule has 0 atom stereocenters. The Morgan fingerprint density at radius 1 is 0.677 bits per heavy atom. The first kappa shape index (κ1) is 24.5. The van der Waals surface area contributed by atoms with E-state index in [4.69, 9.17) is 24.3 Å². The molecule has 0 saturated carbocycles. The number of carbonyl (C=O) groups excluding carboxylic acids is 2. The van der Waals surface area contributed by atoms with Crippen molar-refractivity contribution in [3.8, 4) is 0 Å². The highest BCUT2D eigenvalue weighted by Gasteiger charge is 2.24. The van der Waals surface area contributed by atoms with Crippen molar-refractivity contribution in [3.05, 3.63) is 82.0 Å². The van der Waals surface area contributed by atoms with Crippen LogP contribution in [-0.4, -0.2) is 25.2 Å². The van der Waals surface area contributed by atoms with Gasteiger partial charge in [-0.3, -0.25) is 9.78 Å². The number of carbonyl (C=O) groups is 2. The molecule has 7 nitrogen and oxygen atoms in total. The van der Waals surface area contributed by atoms with Gasteiger partial charge in [0.05, 0.1) is 11.1 Å². The second-order valence-electron chi connectivity index (χ2n) is 7.38. The lowest BCUT2D eigenvalue weighted by atomic mass is 10.0. The van der Waals surface area contributed by atoms with E-state index in [1.807, 2.05) is 38.1 Å². The maximum Gasteiger partial charge on any atom is 0.373 e. The average Bonchev–Trinajstić information content (AvgIpc) is 2.65. The zero-order valence-corrected chi connectivity index (χ0v) is 18.8. The largest absolute Gasteiger partial charge is 0.375 e. The predicted octanol–water partition coefficient (Wildman–Crippen LogP) is 4.75. The van der Waals surface area contributed by atoms with Crippen LogP contribution in [0.5, 0.6) is 0 Å². The van der Waals surface area contributed by atoms with Crippen LogP contribution in [0, 0.1) is 54.8 Å². The van der Waals surface area contributed by atoms with Crippen molar-refractivity contribution in [2.75, 3.05) is 13.2 Å². The van der Waals surface area contributed by atoms with E-state index in [0.717, 1.165) is 33.4 Å². The molecule has 2 aromatic rings. The van der Waals surface area contributed by atoms with Gasteiger partial charge in [0, 0.05) is 6.61 Å². The summed E-state index contributed by atoms with van der Waals surface area (Å²) >= 11 is 0. The number of ether oxygens (including phenoxy) is 1. The Morgan fingerprint density at radius 2 is 1.03 bits per heavy atom. The summed E-state index contributed by atoms with van der Waals surface area (Å²) in [5, 5.41) is 0. The molecule has 7 heteroatoms. The lowest BCUT2D eigenvalue weighted by Crippen LogP contribution is -2.21. The molecule has 0 unspecified atom stereocenters. The standard InChI is InChI=1S/C24H28O7/c1-8-27-13-20(28-30-23(25)21-16(4)9-14(2)10-17(21)5)29-31-24(26)22-18(6)11-15(3)12-19(22)7/h9-12H,1,8,13H2,2-7H3. The monoisotopic (exact) mass is 428 g/mol. The lowest BCUT2D eigenvalue weighted by molar-refractivity contribution is -0.368. The number of hydrogen-bond donors (Lipinski definition) is 0. The molecule has 0 aliphatic heterocycles. The highest BCUT2D eigenvalue weighted by atomic mass is 17.3. The Morgan fingerprint density at radius 3 is 1.35 bits per heavy atom. The number of hydrogen-bond acceptors (Lipinski definition) is 7. The number of rotatable bonds is 9. The molecule has 166 valence electrons. The van der Waals surface area contributed by atoms with Crippen molar-refractivity contribution in [3.63, 3.8) is 0 Å². The highest BCUT2D eigenvalue weighted by Crippen LogP contribution is 2.21. The molecular formula is C24H28O7. The molecule has 2 aromatic carbocycles. The summed E-state index contributed by atoms with van der Waals surface area (Å²) < 4.78 is 5.12. The minimum absolute atomic E-state index is 0.102. The summed E-state index contributed by atoms with van der Waals surface area (Å²) in [7, 11) is 0. The van der Waals surface area contributed by atoms with Crippen molar-refractivity contribution < 1.29 is 33.9 Å². The van der Waals surface area contributed by atoms with E-state index in [1.54, 1.807) is 27.7 Å².